The van der Waals surface area contributed by atoms with Crippen LogP contribution in [0.3, 0.4) is 0 Å². The van der Waals surface area contributed by atoms with E-state index in [1.807, 2.05) is 48.5 Å². The van der Waals surface area contributed by atoms with Crippen LogP contribution in [-0.4, -0.2) is 11.6 Å². The molecule has 1 aliphatic carbocycles. The Balaban J connectivity index is 1.52. The fourth-order valence-corrected chi connectivity index (χ4v) is 5.34. The van der Waals surface area contributed by atoms with Gasteiger partial charge in [0.05, 0.1) is 0 Å². The van der Waals surface area contributed by atoms with Gasteiger partial charge < -0.3 is 0 Å². The Bertz CT molecular complexity index is 1740. The molecule has 0 amide bonds. The summed E-state index contributed by atoms with van der Waals surface area (Å²) < 4.78 is 0. The first-order chi connectivity index (χ1) is 17.7. The maximum absolute atomic E-state index is 13.5. The highest BCUT2D eigenvalue weighted by molar-refractivity contribution is 6.29. The largest absolute Gasteiger partial charge is 0.289 e. The normalized spacial score (nSPS) is 12.6. The Kier molecular flexibility index (Phi) is 4.49. The zero-order valence-corrected chi connectivity index (χ0v) is 19.4. The van der Waals surface area contributed by atoms with Gasteiger partial charge in [0.1, 0.15) is 0 Å². The Hall–Kier alpha value is -4.82. The molecule has 36 heavy (non-hydrogen) atoms. The van der Waals surface area contributed by atoms with Crippen molar-refractivity contribution in [3.8, 4) is 22.3 Å². The second-order valence-electron chi connectivity index (χ2n) is 9.27. The van der Waals surface area contributed by atoms with Crippen molar-refractivity contribution in [1.29, 1.82) is 0 Å². The fraction of sp³-hybridized carbons (Fsp3) is 0. The molecular formula is C34H20O2. The zero-order chi connectivity index (χ0) is 24.2. The Morgan fingerprint density at radius 3 is 1.14 bits per heavy atom. The number of carbonyl (C=O) groups excluding carboxylic acids is 2. The third-order valence-electron chi connectivity index (χ3n) is 7.18. The third kappa shape index (κ3) is 3.12. The van der Waals surface area contributed by atoms with Crippen molar-refractivity contribution in [2.45, 2.75) is 0 Å². The van der Waals surface area contributed by atoms with Gasteiger partial charge in [-0.3, -0.25) is 9.59 Å². The summed E-state index contributed by atoms with van der Waals surface area (Å²) in [6.07, 6.45) is 0. The average Bonchev–Trinajstić information content (AvgIpc) is 2.94. The molecule has 0 atom stereocenters. The fourth-order valence-electron chi connectivity index (χ4n) is 5.34. The van der Waals surface area contributed by atoms with Crippen molar-refractivity contribution < 1.29 is 9.59 Å². The van der Waals surface area contributed by atoms with E-state index in [1.54, 1.807) is 12.1 Å². The van der Waals surface area contributed by atoms with Gasteiger partial charge in [0.25, 0.3) is 0 Å². The predicted octanol–water partition coefficient (Wildman–Crippen LogP) is 8.10. The number of rotatable bonds is 2. The Morgan fingerprint density at radius 1 is 0.306 bits per heavy atom. The first kappa shape index (κ1) is 20.5. The first-order valence-corrected chi connectivity index (χ1v) is 12.0. The lowest BCUT2D eigenvalue weighted by Gasteiger charge is -2.21. The number of hydrogen-bond acceptors (Lipinski definition) is 2. The van der Waals surface area contributed by atoms with E-state index in [0.717, 1.165) is 43.8 Å². The molecular weight excluding hydrogens is 440 g/mol. The summed E-state index contributed by atoms with van der Waals surface area (Å²) in [5, 5.41) is 4.58. The second kappa shape index (κ2) is 7.86. The van der Waals surface area contributed by atoms with E-state index in [-0.39, 0.29) is 11.6 Å². The summed E-state index contributed by atoms with van der Waals surface area (Å²) in [4.78, 5) is 27.0. The highest BCUT2D eigenvalue weighted by atomic mass is 16.1. The molecule has 0 spiro atoms. The van der Waals surface area contributed by atoms with Crippen LogP contribution in [0, 0.1) is 0 Å². The van der Waals surface area contributed by atoms with Crippen molar-refractivity contribution in [2.24, 2.45) is 0 Å². The molecule has 0 aliphatic heterocycles. The minimum atomic E-state index is -0.104. The number of fused-ring (bicyclic) bond motifs is 4. The van der Waals surface area contributed by atoms with Gasteiger partial charge in [-0.15, -0.1) is 0 Å². The molecule has 6 aromatic carbocycles. The molecule has 2 nitrogen and oxygen atoms in total. The molecule has 0 radical (unpaired) electrons. The standard InChI is InChI=1S/C34H20O2/c35-33-27-11-5-6-12-28(27)34(36)32-20-30(26-16-14-22-8-2-4-10-24(22)18-26)29(19-31(32)33)25-15-13-21-7-1-3-9-23(21)17-25/h1-20H. The molecule has 0 unspecified atom stereocenters. The highest BCUT2D eigenvalue weighted by Gasteiger charge is 2.31. The molecule has 0 aromatic heterocycles. The molecule has 0 heterocycles. The van der Waals surface area contributed by atoms with Crippen LogP contribution >= 0.6 is 0 Å². The zero-order valence-electron chi connectivity index (χ0n) is 19.4. The topological polar surface area (TPSA) is 34.1 Å². The maximum Gasteiger partial charge on any atom is 0.194 e. The van der Waals surface area contributed by atoms with Crippen molar-refractivity contribution in [3.05, 3.63) is 144 Å². The first-order valence-electron chi connectivity index (χ1n) is 12.0. The minimum Gasteiger partial charge on any atom is -0.289 e. The van der Waals surface area contributed by atoms with E-state index in [0.29, 0.717) is 22.3 Å². The average molecular weight is 461 g/mol. The molecule has 7 rings (SSSR count). The van der Waals surface area contributed by atoms with Crippen molar-refractivity contribution >= 4 is 33.1 Å². The van der Waals surface area contributed by atoms with Crippen LogP contribution in [0.5, 0.6) is 0 Å². The van der Waals surface area contributed by atoms with E-state index in [4.69, 9.17) is 0 Å². The highest BCUT2D eigenvalue weighted by Crippen LogP contribution is 2.40. The van der Waals surface area contributed by atoms with Crippen LogP contribution in [-0.2, 0) is 0 Å². The van der Waals surface area contributed by atoms with Crippen LogP contribution < -0.4 is 0 Å². The molecule has 2 heteroatoms. The number of hydrogen-bond donors (Lipinski definition) is 0. The van der Waals surface area contributed by atoms with Gasteiger partial charge in [-0.1, -0.05) is 97.1 Å². The van der Waals surface area contributed by atoms with E-state index in [2.05, 4.69) is 60.7 Å². The number of benzene rings is 6. The lowest BCUT2D eigenvalue weighted by Crippen LogP contribution is -2.21. The molecule has 0 saturated carbocycles. The summed E-state index contributed by atoms with van der Waals surface area (Å²) in [6, 6.07) is 40.2. The van der Waals surface area contributed by atoms with Crippen molar-refractivity contribution in [2.75, 3.05) is 0 Å². The molecule has 168 valence electrons. The predicted molar refractivity (Wildman–Crippen MR) is 146 cm³/mol. The molecule has 0 saturated heterocycles. The van der Waals surface area contributed by atoms with Gasteiger partial charge >= 0.3 is 0 Å². The van der Waals surface area contributed by atoms with Gasteiger partial charge in [0, 0.05) is 22.3 Å². The Labute approximate surface area is 208 Å². The summed E-state index contributed by atoms with van der Waals surface area (Å²) >= 11 is 0. The van der Waals surface area contributed by atoms with Gasteiger partial charge in [-0.25, -0.2) is 0 Å². The Morgan fingerprint density at radius 2 is 0.694 bits per heavy atom. The van der Waals surface area contributed by atoms with Crippen LogP contribution in [0.2, 0.25) is 0 Å². The third-order valence-corrected chi connectivity index (χ3v) is 7.18. The molecule has 0 N–H and O–H groups in total. The van der Waals surface area contributed by atoms with Crippen LogP contribution in [0.4, 0.5) is 0 Å². The summed E-state index contributed by atoms with van der Waals surface area (Å²) in [5.74, 6) is -0.209. The maximum atomic E-state index is 13.5. The molecule has 1 aliphatic rings. The van der Waals surface area contributed by atoms with Crippen LogP contribution in [0.25, 0.3) is 43.8 Å². The van der Waals surface area contributed by atoms with Gasteiger partial charge in [0.2, 0.25) is 0 Å². The number of ketones is 2. The van der Waals surface area contributed by atoms with E-state index in [9.17, 15) is 9.59 Å². The van der Waals surface area contributed by atoms with E-state index in [1.165, 1.54) is 0 Å². The van der Waals surface area contributed by atoms with Crippen molar-refractivity contribution in [1.82, 2.24) is 0 Å². The lowest BCUT2D eigenvalue weighted by molar-refractivity contribution is 0.0979. The van der Waals surface area contributed by atoms with Crippen molar-refractivity contribution in [3.63, 3.8) is 0 Å². The molecule has 0 fully saturated rings. The summed E-state index contributed by atoms with van der Waals surface area (Å²) in [7, 11) is 0. The second-order valence-corrected chi connectivity index (χ2v) is 9.27. The quantitative estimate of drug-likeness (QED) is 0.261. The molecule has 6 aromatic rings. The van der Waals surface area contributed by atoms with Gasteiger partial charge in [-0.05, 0) is 68.1 Å². The van der Waals surface area contributed by atoms with Gasteiger partial charge in [0.15, 0.2) is 11.6 Å². The number of carbonyl (C=O) groups is 2. The smallest absolute Gasteiger partial charge is 0.194 e. The van der Waals surface area contributed by atoms with Crippen LogP contribution in [0.1, 0.15) is 31.8 Å². The lowest BCUT2D eigenvalue weighted by atomic mass is 9.80. The molecule has 0 bridgehead atoms. The van der Waals surface area contributed by atoms with E-state index < -0.39 is 0 Å². The van der Waals surface area contributed by atoms with Crippen LogP contribution in [0.15, 0.2) is 121 Å². The summed E-state index contributed by atoms with van der Waals surface area (Å²) in [5.41, 5.74) is 5.77. The SMILES string of the molecule is O=C1c2ccccc2C(=O)c2cc(-c3ccc4ccccc4c3)c(-c3ccc4ccccc4c3)cc21. The van der Waals surface area contributed by atoms with Gasteiger partial charge in [-0.2, -0.15) is 0 Å². The minimum absolute atomic E-state index is 0.104. The monoisotopic (exact) mass is 460 g/mol. The summed E-state index contributed by atoms with van der Waals surface area (Å²) in [6.45, 7) is 0. The van der Waals surface area contributed by atoms with E-state index >= 15 is 0 Å².